The molecule has 0 fully saturated rings. The molecule has 2 heterocycles. The topological polar surface area (TPSA) is 52.5 Å². The normalized spacial score (nSPS) is 12.5. The summed E-state index contributed by atoms with van der Waals surface area (Å²) in [6.07, 6.45) is 1.88. The number of benzene rings is 1. The van der Waals surface area contributed by atoms with Gasteiger partial charge in [-0.1, -0.05) is 0 Å². The van der Waals surface area contributed by atoms with Crippen LogP contribution in [0.5, 0.6) is 11.5 Å². The van der Waals surface area contributed by atoms with Crippen molar-refractivity contribution < 1.29 is 14.3 Å². The Morgan fingerprint density at radius 3 is 2.95 bits per heavy atom. The average Bonchev–Trinajstić information content (AvgIpc) is 3.03. The monoisotopic (exact) mass is 336 g/mol. The number of amides is 1. The number of rotatable bonds is 3. The molecule has 0 saturated heterocycles. The molecule has 0 spiro atoms. The molecule has 20 heavy (non-hydrogen) atoms. The molecule has 3 rings (SSSR count). The van der Waals surface area contributed by atoms with Crippen molar-refractivity contribution >= 4 is 27.5 Å². The van der Waals surface area contributed by atoms with Crippen LogP contribution in [0.4, 0.5) is 5.69 Å². The first-order chi connectivity index (χ1) is 9.67. The predicted octanol–water partition coefficient (Wildman–Crippen LogP) is 3.25. The van der Waals surface area contributed by atoms with Crippen LogP contribution >= 0.6 is 15.9 Å². The van der Waals surface area contributed by atoms with Gasteiger partial charge in [0.25, 0.3) is 5.91 Å². The van der Waals surface area contributed by atoms with Gasteiger partial charge < -0.3 is 19.4 Å². The summed E-state index contributed by atoms with van der Waals surface area (Å²) in [5.74, 6) is 1.19. The summed E-state index contributed by atoms with van der Waals surface area (Å²) in [5.41, 5.74) is 1.29. The Morgan fingerprint density at radius 1 is 1.35 bits per heavy atom. The number of ether oxygens (including phenoxy) is 2. The Hall–Kier alpha value is -1.95. The summed E-state index contributed by atoms with van der Waals surface area (Å²) in [7, 11) is 0. The summed E-state index contributed by atoms with van der Waals surface area (Å²) in [5, 5.41) is 2.86. The highest BCUT2D eigenvalue weighted by molar-refractivity contribution is 9.10. The Balaban J connectivity index is 1.82. The molecule has 1 amide bonds. The van der Waals surface area contributed by atoms with E-state index in [4.69, 9.17) is 9.47 Å². The fraction of sp³-hybridized carbons (Fsp3) is 0.214. The second kappa shape index (κ2) is 5.20. The zero-order valence-corrected chi connectivity index (χ0v) is 12.4. The number of carbonyl (C=O) groups is 1. The Bertz CT molecular complexity index is 666. The highest BCUT2D eigenvalue weighted by atomic mass is 79.9. The van der Waals surface area contributed by atoms with E-state index >= 15 is 0 Å². The lowest BCUT2D eigenvalue weighted by molar-refractivity contribution is 0.101. The summed E-state index contributed by atoms with van der Waals surface area (Å²) < 4.78 is 13.3. The van der Waals surface area contributed by atoms with Gasteiger partial charge in [0.05, 0.1) is 0 Å². The van der Waals surface area contributed by atoms with Gasteiger partial charge in [0.2, 0.25) is 6.79 Å². The molecule has 0 aliphatic carbocycles. The third kappa shape index (κ3) is 2.38. The molecule has 1 N–H and O–H groups in total. The number of hydrogen-bond acceptors (Lipinski definition) is 3. The van der Waals surface area contributed by atoms with E-state index < -0.39 is 0 Å². The van der Waals surface area contributed by atoms with Crippen LogP contribution in [-0.2, 0) is 6.54 Å². The van der Waals surface area contributed by atoms with Crippen molar-refractivity contribution in [2.45, 2.75) is 13.5 Å². The molecule has 0 atom stereocenters. The maximum absolute atomic E-state index is 12.3. The van der Waals surface area contributed by atoms with Crippen molar-refractivity contribution in [3.63, 3.8) is 0 Å². The van der Waals surface area contributed by atoms with Gasteiger partial charge in [-0.15, -0.1) is 0 Å². The van der Waals surface area contributed by atoms with Gasteiger partial charge in [0.1, 0.15) is 5.69 Å². The van der Waals surface area contributed by atoms with Gasteiger partial charge in [0.15, 0.2) is 11.5 Å². The highest BCUT2D eigenvalue weighted by Gasteiger charge is 2.16. The molecule has 104 valence electrons. The van der Waals surface area contributed by atoms with E-state index in [1.54, 1.807) is 24.3 Å². The molecular formula is C14H13BrN2O3. The standard InChI is InChI=1S/C14H13BrN2O3/c1-2-17-7-9(15)5-11(17)14(18)16-10-3-4-12-13(6-10)20-8-19-12/h3-7H,2,8H2,1H3,(H,16,18). The largest absolute Gasteiger partial charge is 0.454 e. The number of hydrogen-bond donors (Lipinski definition) is 1. The predicted molar refractivity (Wildman–Crippen MR) is 78.3 cm³/mol. The van der Waals surface area contributed by atoms with Crippen molar-refractivity contribution in [3.05, 3.63) is 40.6 Å². The second-order valence-electron chi connectivity index (χ2n) is 4.35. The van der Waals surface area contributed by atoms with Crippen molar-refractivity contribution in [3.8, 4) is 11.5 Å². The van der Waals surface area contributed by atoms with E-state index in [0.717, 1.165) is 11.0 Å². The molecule has 0 unspecified atom stereocenters. The maximum atomic E-state index is 12.3. The van der Waals surface area contributed by atoms with Crippen LogP contribution in [0.25, 0.3) is 0 Å². The minimum Gasteiger partial charge on any atom is -0.454 e. The molecule has 1 aliphatic heterocycles. The summed E-state index contributed by atoms with van der Waals surface area (Å²) >= 11 is 3.38. The molecule has 5 nitrogen and oxygen atoms in total. The van der Waals surface area contributed by atoms with E-state index in [1.165, 1.54) is 0 Å². The van der Waals surface area contributed by atoms with Crippen LogP contribution in [0, 0.1) is 0 Å². The molecule has 0 radical (unpaired) electrons. The molecular weight excluding hydrogens is 324 g/mol. The van der Waals surface area contributed by atoms with Crippen molar-refractivity contribution in [2.24, 2.45) is 0 Å². The van der Waals surface area contributed by atoms with E-state index in [0.29, 0.717) is 22.9 Å². The van der Waals surface area contributed by atoms with Crippen molar-refractivity contribution in [2.75, 3.05) is 12.1 Å². The molecule has 0 bridgehead atoms. The minimum absolute atomic E-state index is 0.156. The van der Waals surface area contributed by atoms with Crippen molar-refractivity contribution in [1.29, 1.82) is 0 Å². The smallest absolute Gasteiger partial charge is 0.272 e. The van der Waals surface area contributed by atoms with E-state index in [2.05, 4.69) is 21.2 Å². The Morgan fingerprint density at radius 2 is 2.15 bits per heavy atom. The van der Waals surface area contributed by atoms with Crippen LogP contribution in [0.15, 0.2) is 34.9 Å². The van der Waals surface area contributed by atoms with Crippen LogP contribution in [0.1, 0.15) is 17.4 Å². The van der Waals surface area contributed by atoms with Gasteiger partial charge in [-0.05, 0) is 41.1 Å². The highest BCUT2D eigenvalue weighted by Crippen LogP contribution is 2.34. The van der Waals surface area contributed by atoms with Crippen molar-refractivity contribution in [1.82, 2.24) is 4.57 Å². The lowest BCUT2D eigenvalue weighted by atomic mass is 10.2. The van der Waals surface area contributed by atoms with E-state index in [9.17, 15) is 4.79 Å². The van der Waals surface area contributed by atoms with Crippen LogP contribution in [-0.4, -0.2) is 17.3 Å². The Kier molecular flexibility index (Phi) is 3.40. The van der Waals surface area contributed by atoms with Crippen LogP contribution in [0.3, 0.4) is 0 Å². The lowest BCUT2D eigenvalue weighted by Crippen LogP contribution is -2.16. The number of nitrogens with zero attached hydrogens (tertiary/aromatic N) is 1. The lowest BCUT2D eigenvalue weighted by Gasteiger charge is -2.08. The maximum Gasteiger partial charge on any atom is 0.272 e. The van der Waals surface area contributed by atoms with Gasteiger partial charge in [-0.3, -0.25) is 4.79 Å². The summed E-state index contributed by atoms with van der Waals surface area (Å²) in [6, 6.07) is 7.13. The first-order valence-electron chi connectivity index (χ1n) is 6.24. The zero-order valence-electron chi connectivity index (χ0n) is 10.9. The van der Waals surface area contributed by atoms with Crippen LogP contribution in [0.2, 0.25) is 0 Å². The fourth-order valence-electron chi connectivity index (χ4n) is 2.10. The van der Waals surface area contributed by atoms with E-state index in [-0.39, 0.29) is 12.7 Å². The molecule has 2 aromatic rings. The number of nitrogens with one attached hydrogen (secondary N) is 1. The minimum atomic E-state index is -0.156. The number of carbonyl (C=O) groups excluding carboxylic acids is 1. The molecule has 1 aliphatic rings. The molecule has 1 aromatic carbocycles. The first-order valence-corrected chi connectivity index (χ1v) is 7.03. The van der Waals surface area contributed by atoms with Gasteiger partial charge in [-0.25, -0.2) is 0 Å². The average molecular weight is 337 g/mol. The number of halogens is 1. The second-order valence-corrected chi connectivity index (χ2v) is 5.27. The third-order valence-electron chi connectivity index (χ3n) is 3.07. The number of aryl methyl sites for hydroxylation is 1. The quantitative estimate of drug-likeness (QED) is 0.935. The molecule has 1 aromatic heterocycles. The number of anilines is 1. The fourth-order valence-corrected chi connectivity index (χ4v) is 2.56. The van der Waals surface area contributed by atoms with Gasteiger partial charge in [0, 0.05) is 29.0 Å². The SMILES string of the molecule is CCn1cc(Br)cc1C(=O)Nc1ccc2c(c1)OCO2. The first kappa shape index (κ1) is 13.1. The zero-order chi connectivity index (χ0) is 14.1. The number of fused-ring (bicyclic) bond motifs is 1. The van der Waals surface area contributed by atoms with E-state index in [1.807, 2.05) is 17.7 Å². The van der Waals surface area contributed by atoms with Gasteiger partial charge >= 0.3 is 0 Å². The molecule has 6 heteroatoms. The van der Waals surface area contributed by atoms with Crippen LogP contribution < -0.4 is 14.8 Å². The Labute approximate surface area is 124 Å². The third-order valence-corrected chi connectivity index (χ3v) is 3.50. The number of aromatic nitrogens is 1. The van der Waals surface area contributed by atoms with Gasteiger partial charge in [-0.2, -0.15) is 0 Å². The summed E-state index contributed by atoms with van der Waals surface area (Å²) in [6.45, 7) is 2.94. The molecule has 0 saturated carbocycles. The summed E-state index contributed by atoms with van der Waals surface area (Å²) in [4.78, 5) is 12.3.